The molecule has 0 fully saturated rings. The van der Waals surface area contributed by atoms with Crippen molar-refractivity contribution in [3.05, 3.63) is 108 Å². The highest BCUT2D eigenvalue weighted by atomic mass is 16.5. The zero-order valence-electron chi connectivity index (χ0n) is 19.5. The number of hydrogen-bond acceptors (Lipinski definition) is 4. The van der Waals surface area contributed by atoms with Crippen molar-refractivity contribution in [3.63, 3.8) is 0 Å². The Morgan fingerprint density at radius 2 is 0.912 bits per heavy atom. The fourth-order valence-corrected chi connectivity index (χ4v) is 3.65. The summed E-state index contributed by atoms with van der Waals surface area (Å²) in [5.41, 5.74) is 5.64. The molecule has 0 aromatic heterocycles. The van der Waals surface area contributed by atoms with Crippen molar-refractivity contribution in [2.24, 2.45) is 9.98 Å². The minimum atomic E-state index is 0.610. The lowest BCUT2D eigenvalue weighted by molar-refractivity contribution is 0.339. The first-order valence-corrected chi connectivity index (χ1v) is 11.5. The Labute approximate surface area is 201 Å². The van der Waals surface area contributed by atoms with Crippen LogP contribution in [0.5, 0.6) is 11.5 Å². The molecule has 0 aliphatic heterocycles. The van der Waals surface area contributed by atoms with Crippen molar-refractivity contribution in [1.29, 1.82) is 0 Å². The number of benzene rings is 4. The first kappa shape index (κ1) is 23.0. The standard InChI is InChI=1S/C30H28N2O2/c1-3-33-29-19-11-5-13-23(29)21-31-27-17-9-7-15-25(27)26-16-8-10-18-28(26)32-22-24-14-6-12-20-30(24)34-4-2/h5-22H,3-4H2,1-2H3. The van der Waals surface area contributed by atoms with E-state index in [4.69, 9.17) is 19.5 Å². The van der Waals surface area contributed by atoms with Gasteiger partial charge < -0.3 is 9.47 Å². The van der Waals surface area contributed by atoms with Crippen molar-refractivity contribution in [3.8, 4) is 22.6 Å². The van der Waals surface area contributed by atoms with Crippen molar-refractivity contribution >= 4 is 23.8 Å². The monoisotopic (exact) mass is 448 g/mol. The molecule has 0 unspecified atom stereocenters. The molecule has 0 radical (unpaired) electrons. The number of rotatable bonds is 9. The molecule has 0 aliphatic rings. The van der Waals surface area contributed by atoms with E-state index in [1.165, 1.54) is 0 Å². The van der Waals surface area contributed by atoms with Gasteiger partial charge in [-0.15, -0.1) is 0 Å². The highest BCUT2D eigenvalue weighted by Gasteiger charge is 2.09. The summed E-state index contributed by atoms with van der Waals surface area (Å²) in [4.78, 5) is 9.63. The van der Waals surface area contributed by atoms with Crippen LogP contribution in [0.3, 0.4) is 0 Å². The number of para-hydroxylation sites is 4. The summed E-state index contributed by atoms with van der Waals surface area (Å²) in [6, 6.07) is 32.0. The Morgan fingerprint density at radius 3 is 1.35 bits per heavy atom. The van der Waals surface area contributed by atoms with Crippen molar-refractivity contribution in [2.45, 2.75) is 13.8 Å². The van der Waals surface area contributed by atoms with E-state index in [0.717, 1.165) is 45.1 Å². The van der Waals surface area contributed by atoms with Gasteiger partial charge in [-0.25, -0.2) is 0 Å². The molecule has 0 amide bonds. The molecule has 4 nitrogen and oxygen atoms in total. The largest absolute Gasteiger partial charge is 0.493 e. The summed E-state index contributed by atoms with van der Waals surface area (Å²) in [5, 5.41) is 0. The van der Waals surface area contributed by atoms with Crippen LogP contribution in [0.1, 0.15) is 25.0 Å². The van der Waals surface area contributed by atoms with Gasteiger partial charge in [0.15, 0.2) is 0 Å². The molecule has 0 bridgehead atoms. The van der Waals surface area contributed by atoms with Crippen molar-refractivity contribution in [2.75, 3.05) is 13.2 Å². The molecule has 0 aliphatic carbocycles. The normalized spacial score (nSPS) is 11.2. The van der Waals surface area contributed by atoms with E-state index in [0.29, 0.717) is 13.2 Å². The van der Waals surface area contributed by atoms with Gasteiger partial charge in [-0.05, 0) is 50.2 Å². The molecule has 4 heteroatoms. The van der Waals surface area contributed by atoms with Crippen LogP contribution in [0.4, 0.5) is 11.4 Å². The maximum absolute atomic E-state index is 5.74. The molecule has 4 aromatic rings. The fourth-order valence-electron chi connectivity index (χ4n) is 3.65. The van der Waals surface area contributed by atoms with E-state index in [-0.39, 0.29) is 0 Å². The maximum Gasteiger partial charge on any atom is 0.128 e. The Morgan fingerprint density at radius 1 is 0.529 bits per heavy atom. The third-order valence-electron chi connectivity index (χ3n) is 5.22. The van der Waals surface area contributed by atoms with Gasteiger partial charge in [0.2, 0.25) is 0 Å². The molecule has 0 heterocycles. The molecule has 0 atom stereocenters. The van der Waals surface area contributed by atoms with Gasteiger partial charge in [0.05, 0.1) is 24.6 Å². The topological polar surface area (TPSA) is 43.2 Å². The highest BCUT2D eigenvalue weighted by molar-refractivity contribution is 5.92. The van der Waals surface area contributed by atoms with Gasteiger partial charge in [-0.3, -0.25) is 9.98 Å². The van der Waals surface area contributed by atoms with Gasteiger partial charge in [0.25, 0.3) is 0 Å². The molecule has 0 saturated heterocycles. The Hall–Kier alpha value is -4.18. The molecule has 4 aromatic carbocycles. The zero-order valence-corrected chi connectivity index (χ0v) is 19.5. The summed E-state index contributed by atoms with van der Waals surface area (Å²) in [5.74, 6) is 1.65. The summed E-state index contributed by atoms with van der Waals surface area (Å²) in [6.07, 6.45) is 3.71. The predicted molar refractivity (Wildman–Crippen MR) is 142 cm³/mol. The maximum atomic E-state index is 5.74. The van der Waals surface area contributed by atoms with Crippen LogP contribution >= 0.6 is 0 Å². The number of aliphatic imine (C=N–C) groups is 2. The minimum Gasteiger partial charge on any atom is -0.493 e. The highest BCUT2D eigenvalue weighted by Crippen LogP contribution is 2.36. The van der Waals surface area contributed by atoms with E-state index in [2.05, 4.69) is 12.1 Å². The second-order valence-electron chi connectivity index (χ2n) is 7.49. The fraction of sp³-hybridized carbons (Fsp3) is 0.133. The zero-order chi connectivity index (χ0) is 23.6. The lowest BCUT2D eigenvalue weighted by Gasteiger charge is -2.10. The van der Waals surface area contributed by atoms with E-state index in [9.17, 15) is 0 Å². The van der Waals surface area contributed by atoms with E-state index < -0.39 is 0 Å². The van der Waals surface area contributed by atoms with Crippen LogP contribution in [-0.4, -0.2) is 25.6 Å². The van der Waals surface area contributed by atoms with Gasteiger partial charge in [0.1, 0.15) is 11.5 Å². The Bertz CT molecular complexity index is 1190. The van der Waals surface area contributed by atoms with Crippen LogP contribution in [0.25, 0.3) is 11.1 Å². The number of ether oxygens (including phenoxy) is 2. The Balaban J connectivity index is 1.69. The second kappa shape index (κ2) is 11.6. The SMILES string of the molecule is CCOc1ccccc1C=Nc1ccccc1-c1ccccc1N=Cc1ccccc1OCC. The van der Waals surface area contributed by atoms with Crippen molar-refractivity contribution < 1.29 is 9.47 Å². The third-order valence-corrected chi connectivity index (χ3v) is 5.22. The van der Waals surface area contributed by atoms with Crippen LogP contribution < -0.4 is 9.47 Å². The molecular weight excluding hydrogens is 420 g/mol. The minimum absolute atomic E-state index is 0.610. The summed E-state index contributed by atoms with van der Waals surface area (Å²) in [7, 11) is 0. The van der Waals surface area contributed by atoms with Crippen LogP contribution in [0.2, 0.25) is 0 Å². The first-order valence-electron chi connectivity index (χ1n) is 11.5. The predicted octanol–water partition coefficient (Wildman–Crippen LogP) is 7.65. The third kappa shape index (κ3) is 5.59. The molecule has 34 heavy (non-hydrogen) atoms. The van der Waals surface area contributed by atoms with E-state index in [1.807, 2.05) is 111 Å². The lowest BCUT2D eigenvalue weighted by Crippen LogP contribution is -1.95. The smallest absolute Gasteiger partial charge is 0.128 e. The van der Waals surface area contributed by atoms with E-state index >= 15 is 0 Å². The van der Waals surface area contributed by atoms with Gasteiger partial charge in [-0.1, -0.05) is 60.7 Å². The van der Waals surface area contributed by atoms with Gasteiger partial charge in [-0.2, -0.15) is 0 Å². The number of nitrogens with zero attached hydrogens (tertiary/aromatic N) is 2. The Kier molecular flexibility index (Phi) is 7.86. The quantitative estimate of drug-likeness (QED) is 0.247. The average molecular weight is 449 g/mol. The van der Waals surface area contributed by atoms with Crippen LogP contribution in [0.15, 0.2) is 107 Å². The summed E-state index contributed by atoms with van der Waals surface area (Å²) >= 11 is 0. The van der Waals surface area contributed by atoms with Crippen LogP contribution in [-0.2, 0) is 0 Å². The lowest BCUT2D eigenvalue weighted by atomic mass is 10.0. The van der Waals surface area contributed by atoms with E-state index in [1.54, 1.807) is 0 Å². The summed E-state index contributed by atoms with van der Waals surface area (Å²) in [6.45, 7) is 5.18. The second-order valence-corrected chi connectivity index (χ2v) is 7.49. The average Bonchev–Trinajstić information content (AvgIpc) is 2.88. The molecule has 0 N–H and O–H groups in total. The van der Waals surface area contributed by atoms with Gasteiger partial charge >= 0.3 is 0 Å². The van der Waals surface area contributed by atoms with Gasteiger partial charge in [0, 0.05) is 34.7 Å². The molecule has 0 saturated carbocycles. The molecular formula is C30H28N2O2. The van der Waals surface area contributed by atoms with Crippen molar-refractivity contribution in [1.82, 2.24) is 0 Å². The molecule has 4 rings (SSSR count). The first-order chi connectivity index (χ1) is 16.8. The molecule has 0 spiro atoms. The summed E-state index contributed by atoms with van der Waals surface area (Å²) < 4.78 is 11.5. The molecule has 170 valence electrons. The van der Waals surface area contributed by atoms with Crippen LogP contribution in [0, 0.1) is 0 Å². The number of hydrogen-bond donors (Lipinski definition) is 0.